The van der Waals surface area contributed by atoms with E-state index in [9.17, 15) is 15.0 Å². The van der Waals surface area contributed by atoms with Gasteiger partial charge in [-0.25, -0.2) is 4.98 Å². The molecule has 3 rings (SSSR count). The Morgan fingerprint density at radius 3 is 2.24 bits per heavy atom. The molecular formula is C27H41N6NaO3. The Morgan fingerprint density at radius 2 is 1.73 bits per heavy atom. The topological polar surface area (TPSA) is 128 Å². The molecule has 9 nitrogen and oxygen atoms in total. The van der Waals surface area contributed by atoms with E-state index in [0.29, 0.717) is 18.3 Å². The molecule has 0 unspecified atom stereocenters. The molecule has 10 heteroatoms. The largest absolute Gasteiger partial charge is 1.00 e. The smallest absolute Gasteiger partial charge is 0.550 e. The molecule has 1 aromatic carbocycles. The van der Waals surface area contributed by atoms with E-state index in [-0.39, 0.29) is 54.2 Å². The van der Waals surface area contributed by atoms with Gasteiger partial charge in [0.2, 0.25) is 5.95 Å². The first kappa shape index (κ1) is 32.8. The number of hydrogen-bond donors (Lipinski definition) is 3. The number of benzene rings is 1. The number of aliphatic carboxylic acids is 1. The molecule has 0 aliphatic rings. The second-order valence-electron chi connectivity index (χ2n) is 9.18. The zero-order valence-corrected chi connectivity index (χ0v) is 25.2. The molecule has 3 N–H and O–H groups in total. The maximum absolute atomic E-state index is 10.4. The number of nitrogens with zero attached hydrogens (tertiary/aromatic N) is 4. The van der Waals surface area contributed by atoms with Crippen molar-refractivity contribution in [2.24, 2.45) is 5.92 Å². The Kier molecular flexibility index (Phi) is 15.4. The molecule has 2 aromatic heterocycles. The summed E-state index contributed by atoms with van der Waals surface area (Å²) in [6, 6.07) is 10.3. The van der Waals surface area contributed by atoms with Crippen molar-refractivity contribution in [3.63, 3.8) is 0 Å². The molecule has 0 saturated carbocycles. The van der Waals surface area contributed by atoms with Crippen LogP contribution in [0.4, 0.5) is 11.8 Å². The van der Waals surface area contributed by atoms with E-state index in [1.54, 1.807) is 6.33 Å². The maximum atomic E-state index is 10.4. The second-order valence-corrected chi connectivity index (χ2v) is 9.18. The van der Waals surface area contributed by atoms with E-state index in [2.05, 4.69) is 51.6 Å². The number of hydrogen-bond acceptors (Lipinski definition) is 8. The van der Waals surface area contributed by atoms with Gasteiger partial charge in [0.15, 0.2) is 17.0 Å². The van der Waals surface area contributed by atoms with Crippen LogP contribution in [-0.2, 0) is 11.3 Å². The van der Waals surface area contributed by atoms with E-state index < -0.39 is 5.97 Å². The van der Waals surface area contributed by atoms with Gasteiger partial charge < -0.3 is 30.2 Å². The second kappa shape index (κ2) is 17.3. The monoisotopic (exact) mass is 520 g/mol. The van der Waals surface area contributed by atoms with Gasteiger partial charge >= 0.3 is 29.6 Å². The number of carbonyl (C=O) groups is 1. The van der Waals surface area contributed by atoms with Crippen molar-refractivity contribution in [2.45, 2.75) is 85.4 Å². The molecule has 2 heterocycles. The van der Waals surface area contributed by atoms with Crippen LogP contribution < -0.4 is 45.3 Å². The van der Waals surface area contributed by atoms with Crippen LogP contribution in [0.2, 0.25) is 0 Å². The molecule has 0 spiro atoms. The summed E-state index contributed by atoms with van der Waals surface area (Å²) in [7, 11) is 0. The first-order valence-electron chi connectivity index (χ1n) is 12.9. The van der Waals surface area contributed by atoms with E-state index in [4.69, 9.17) is 0 Å². The van der Waals surface area contributed by atoms with Gasteiger partial charge in [-0.1, -0.05) is 63.9 Å². The molecule has 0 bridgehead atoms. The Hall–Kier alpha value is -2.20. The summed E-state index contributed by atoms with van der Waals surface area (Å²) in [6.45, 7) is 10.9. The Labute approximate surface area is 242 Å². The summed E-state index contributed by atoms with van der Waals surface area (Å²) in [4.78, 5) is 24.1. The van der Waals surface area contributed by atoms with Crippen LogP contribution >= 0.6 is 0 Å². The first-order chi connectivity index (χ1) is 17.3. The molecular weight excluding hydrogens is 479 g/mol. The molecule has 37 heavy (non-hydrogen) atoms. The van der Waals surface area contributed by atoms with Crippen LogP contribution in [0.25, 0.3) is 11.2 Å². The molecule has 0 fully saturated rings. The van der Waals surface area contributed by atoms with Crippen molar-refractivity contribution < 1.29 is 44.6 Å². The zero-order valence-electron chi connectivity index (χ0n) is 23.2. The molecule has 0 saturated heterocycles. The van der Waals surface area contributed by atoms with Crippen LogP contribution in [0.3, 0.4) is 0 Å². The number of aliphatic hydroxyl groups excluding tert-OH is 1. The predicted molar refractivity (Wildman–Crippen MR) is 143 cm³/mol. The van der Waals surface area contributed by atoms with Crippen LogP contribution in [-0.4, -0.2) is 43.2 Å². The number of carboxylic acids is 1. The molecule has 198 valence electrons. The number of aliphatic hydroxyl groups is 1. The summed E-state index contributed by atoms with van der Waals surface area (Å²) in [5.74, 6) is 0.0867. The van der Waals surface area contributed by atoms with Gasteiger partial charge in [-0.2, -0.15) is 9.97 Å². The molecule has 0 aliphatic heterocycles. The number of rotatable bonds is 13. The quantitative estimate of drug-likeness (QED) is 0.287. The van der Waals surface area contributed by atoms with E-state index in [1.807, 2.05) is 43.5 Å². The normalized spacial score (nSPS) is 11.6. The fraction of sp³-hybridized carbons (Fsp3) is 0.556. The van der Waals surface area contributed by atoms with Crippen LogP contribution in [0, 0.1) is 5.92 Å². The predicted octanol–water partition coefficient (Wildman–Crippen LogP) is 1.16. The Balaban J connectivity index is 0.000000533. The van der Waals surface area contributed by atoms with Gasteiger partial charge in [-0.05, 0) is 44.6 Å². The van der Waals surface area contributed by atoms with E-state index >= 15 is 0 Å². The minimum atomic E-state index is -0.885. The number of nitrogens with one attached hydrogen (secondary N) is 2. The van der Waals surface area contributed by atoms with Crippen molar-refractivity contribution in [2.75, 3.05) is 17.2 Å². The Bertz CT molecular complexity index is 1050. The summed E-state index contributed by atoms with van der Waals surface area (Å²) in [6.07, 6.45) is 5.96. The summed E-state index contributed by atoms with van der Waals surface area (Å²) < 4.78 is 2.02. The van der Waals surface area contributed by atoms with Gasteiger partial charge in [0, 0.05) is 18.6 Å². The molecule has 0 radical (unpaired) electrons. The van der Waals surface area contributed by atoms with Crippen LogP contribution in [0.5, 0.6) is 0 Å². The zero-order chi connectivity index (χ0) is 26.5. The third-order valence-electron chi connectivity index (χ3n) is 5.93. The van der Waals surface area contributed by atoms with Gasteiger partial charge in [-0.15, -0.1) is 0 Å². The standard InChI is InChI=1S/C19H26N6O.C8H16O2.Na/c1-4-15(11-26)22-19-23-17(20-10-14-8-6-5-7-9-14)16-18(24-19)25(12-21-16)13(2)3;1-3-5-7(6-4-2)8(9)10;/h5-9,12-13,15,26H,4,10-11H2,1-3H3,(H2,20,22,23,24);7H,3-6H2,1-2H3,(H,9,10);/q;;+1/p-1/t15-;;/m1../s1. The fourth-order valence-corrected chi connectivity index (χ4v) is 3.80. The van der Waals surface area contributed by atoms with E-state index in [1.165, 1.54) is 5.56 Å². The third-order valence-corrected chi connectivity index (χ3v) is 5.93. The van der Waals surface area contributed by atoms with Crippen LogP contribution in [0.15, 0.2) is 36.7 Å². The van der Waals surface area contributed by atoms with E-state index in [0.717, 1.165) is 43.3 Å². The SMILES string of the molecule is CCCC(CCC)C(=O)[O-].CC[C@H](CO)Nc1nc(NCc2ccccc2)c2ncn(C(C)C)c2n1.[Na+]. The minimum Gasteiger partial charge on any atom is -0.550 e. The number of carbonyl (C=O) groups excluding carboxylic acids is 1. The van der Waals surface area contributed by atoms with Crippen molar-refractivity contribution in [1.82, 2.24) is 19.5 Å². The summed E-state index contributed by atoms with van der Waals surface area (Å²) in [5.41, 5.74) is 2.69. The molecule has 1 atom stereocenters. The average Bonchev–Trinajstić information content (AvgIpc) is 3.31. The maximum Gasteiger partial charge on any atom is 1.00 e. The van der Waals surface area contributed by atoms with Gasteiger partial charge in [-0.3, -0.25) is 0 Å². The molecule has 0 amide bonds. The van der Waals surface area contributed by atoms with Gasteiger partial charge in [0.25, 0.3) is 0 Å². The number of anilines is 2. The average molecular weight is 521 g/mol. The van der Waals surface area contributed by atoms with Crippen molar-refractivity contribution in [3.8, 4) is 0 Å². The number of fused-ring (bicyclic) bond motifs is 1. The van der Waals surface area contributed by atoms with Crippen molar-refractivity contribution >= 4 is 28.9 Å². The Morgan fingerprint density at radius 1 is 1.08 bits per heavy atom. The third kappa shape index (κ3) is 10.2. The summed E-state index contributed by atoms with van der Waals surface area (Å²) >= 11 is 0. The number of imidazole rings is 1. The number of carboxylic acid groups (broad SMARTS) is 1. The van der Waals surface area contributed by atoms with Gasteiger partial charge in [0.1, 0.15) is 0 Å². The number of aromatic nitrogens is 4. The first-order valence-corrected chi connectivity index (χ1v) is 12.9. The molecule has 3 aromatic rings. The summed E-state index contributed by atoms with van der Waals surface area (Å²) in [5, 5.41) is 26.4. The van der Waals surface area contributed by atoms with Gasteiger partial charge in [0.05, 0.1) is 19.0 Å². The van der Waals surface area contributed by atoms with Crippen LogP contribution in [0.1, 0.15) is 78.3 Å². The fourth-order valence-electron chi connectivity index (χ4n) is 3.80. The minimum absolute atomic E-state index is 0. The van der Waals surface area contributed by atoms with Crippen molar-refractivity contribution in [3.05, 3.63) is 42.2 Å². The molecule has 0 aliphatic carbocycles. The van der Waals surface area contributed by atoms with Crippen molar-refractivity contribution in [1.29, 1.82) is 0 Å².